The number of nitrogens with one attached hydrogen (secondary N) is 2. The molecular weight excluding hydrogens is 529 g/mol. The molecule has 0 spiro atoms. The van der Waals surface area contributed by atoms with Crippen molar-refractivity contribution in [1.82, 2.24) is 20.4 Å². The summed E-state index contributed by atoms with van der Waals surface area (Å²) < 4.78 is 11.3. The first-order valence-electron chi connectivity index (χ1n) is 12.4. The highest BCUT2D eigenvalue weighted by molar-refractivity contribution is 14.0. The summed E-state index contributed by atoms with van der Waals surface area (Å²) in [5, 5.41) is 6.84. The summed E-state index contributed by atoms with van der Waals surface area (Å²) in [6, 6.07) is 6.30. The first kappa shape index (κ1) is 29.9. The summed E-state index contributed by atoms with van der Waals surface area (Å²) in [7, 11) is 0. The minimum absolute atomic E-state index is 0. The number of halogens is 1. The molecule has 2 rings (SSSR count). The van der Waals surface area contributed by atoms with Gasteiger partial charge in [-0.15, -0.1) is 24.0 Å². The van der Waals surface area contributed by atoms with Crippen LogP contribution in [0, 0.1) is 6.92 Å². The van der Waals surface area contributed by atoms with Gasteiger partial charge in [0.1, 0.15) is 12.4 Å². The third-order valence-electron chi connectivity index (χ3n) is 5.77. The van der Waals surface area contributed by atoms with E-state index in [2.05, 4.69) is 59.4 Å². The highest BCUT2D eigenvalue weighted by Crippen LogP contribution is 2.21. The molecule has 0 amide bonds. The molecular formula is C25H46IN5O2. The smallest absolute Gasteiger partial charge is 0.191 e. The molecule has 190 valence electrons. The highest BCUT2D eigenvalue weighted by atomic mass is 127. The van der Waals surface area contributed by atoms with Crippen molar-refractivity contribution >= 4 is 29.9 Å². The van der Waals surface area contributed by atoms with Crippen molar-refractivity contribution in [2.75, 3.05) is 72.2 Å². The number of guanidine groups is 1. The Morgan fingerprint density at radius 3 is 2.45 bits per heavy atom. The lowest BCUT2D eigenvalue weighted by Gasteiger charge is -2.34. The Labute approximate surface area is 218 Å². The molecule has 7 nitrogen and oxygen atoms in total. The van der Waals surface area contributed by atoms with E-state index in [9.17, 15) is 0 Å². The molecule has 0 unspecified atom stereocenters. The normalized spacial score (nSPS) is 15.2. The molecule has 1 aliphatic rings. The van der Waals surface area contributed by atoms with Gasteiger partial charge >= 0.3 is 0 Å². The fourth-order valence-corrected chi connectivity index (χ4v) is 3.78. The van der Waals surface area contributed by atoms with Crippen LogP contribution >= 0.6 is 24.0 Å². The molecule has 0 radical (unpaired) electrons. The molecule has 0 bridgehead atoms. The number of aryl methyl sites for hydroxylation is 1. The van der Waals surface area contributed by atoms with Crippen LogP contribution in [0.15, 0.2) is 23.2 Å². The molecule has 0 atom stereocenters. The number of unbranched alkanes of at least 4 members (excludes halogenated alkanes) is 1. The van der Waals surface area contributed by atoms with Crippen molar-refractivity contribution in [2.24, 2.45) is 4.99 Å². The molecule has 1 heterocycles. The maximum atomic E-state index is 5.95. The van der Waals surface area contributed by atoms with Crippen LogP contribution in [0.5, 0.6) is 5.75 Å². The Morgan fingerprint density at radius 1 is 1.00 bits per heavy atom. The number of likely N-dealkylation sites (N-methyl/N-ethyl adjacent to an activating group) is 1. The maximum Gasteiger partial charge on any atom is 0.191 e. The molecule has 1 aromatic carbocycles. The third-order valence-corrected chi connectivity index (χ3v) is 5.77. The number of rotatable bonds is 14. The van der Waals surface area contributed by atoms with Gasteiger partial charge in [0, 0.05) is 51.4 Å². The molecule has 0 aromatic heterocycles. The lowest BCUT2D eigenvalue weighted by molar-refractivity contribution is 0.110. The van der Waals surface area contributed by atoms with Crippen molar-refractivity contribution in [3.8, 4) is 5.75 Å². The van der Waals surface area contributed by atoms with Crippen LogP contribution in [0.3, 0.4) is 0 Å². The summed E-state index contributed by atoms with van der Waals surface area (Å²) in [6.07, 6.45) is 2.36. The fraction of sp³-hybridized carbons (Fsp3) is 0.720. The molecule has 1 saturated heterocycles. The summed E-state index contributed by atoms with van der Waals surface area (Å²) in [4.78, 5) is 9.91. The first-order valence-corrected chi connectivity index (χ1v) is 12.4. The minimum Gasteiger partial charge on any atom is -0.491 e. The predicted molar refractivity (Wildman–Crippen MR) is 149 cm³/mol. The molecule has 1 aromatic rings. The molecule has 0 aliphatic carbocycles. The maximum absolute atomic E-state index is 5.95. The van der Waals surface area contributed by atoms with Crippen LogP contribution in [0.1, 0.15) is 44.7 Å². The van der Waals surface area contributed by atoms with Gasteiger partial charge in [0.25, 0.3) is 0 Å². The molecule has 8 heteroatoms. The van der Waals surface area contributed by atoms with Crippen LogP contribution < -0.4 is 15.4 Å². The number of piperazine rings is 1. The monoisotopic (exact) mass is 575 g/mol. The number of nitrogens with zero attached hydrogens (tertiary/aromatic N) is 3. The second kappa shape index (κ2) is 18.3. The van der Waals surface area contributed by atoms with E-state index in [1.165, 1.54) is 51.3 Å². The molecule has 2 N–H and O–H groups in total. The Hall–Kier alpha value is -1.10. The molecule has 33 heavy (non-hydrogen) atoms. The zero-order valence-electron chi connectivity index (χ0n) is 21.2. The van der Waals surface area contributed by atoms with E-state index < -0.39 is 0 Å². The van der Waals surface area contributed by atoms with Gasteiger partial charge in [-0.2, -0.15) is 0 Å². The number of benzene rings is 1. The van der Waals surface area contributed by atoms with E-state index in [4.69, 9.17) is 14.5 Å². The summed E-state index contributed by atoms with van der Waals surface area (Å²) in [6.45, 7) is 19.9. The largest absolute Gasteiger partial charge is 0.491 e. The van der Waals surface area contributed by atoms with E-state index >= 15 is 0 Å². The number of hydrogen-bond donors (Lipinski definition) is 2. The average molecular weight is 576 g/mol. The zero-order valence-corrected chi connectivity index (χ0v) is 23.5. The Morgan fingerprint density at radius 2 is 1.76 bits per heavy atom. The standard InChI is InChI=1S/C25H45N5O2.HI/c1-5-26-25(27-12-8-9-13-30-16-14-29(6-2)15-17-30)28-21-23-11-10-22(4)20-24(23)32-19-18-31-7-3;/h10-11,20H,5-9,12-19,21H2,1-4H3,(H2,26,27,28);1H. The van der Waals surface area contributed by atoms with Gasteiger partial charge in [0.2, 0.25) is 0 Å². The van der Waals surface area contributed by atoms with Crippen molar-refractivity contribution in [3.05, 3.63) is 29.3 Å². The van der Waals surface area contributed by atoms with E-state index in [1.54, 1.807) is 0 Å². The Balaban J connectivity index is 0.00000544. The van der Waals surface area contributed by atoms with Crippen molar-refractivity contribution in [2.45, 2.75) is 47.1 Å². The van der Waals surface area contributed by atoms with Crippen molar-refractivity contribution in [3.63, 3.8) is 0 Å². The zero-order chi connectivity index (χ0) is 23.0. The Kier molecular flexibility index (Phi) is 16.6. The lowest BCUT2D eigenvalue weighted by atomic mass is 10.1. The fourth-order valence-electron chi connectivity index (χ4n) is 3.78. The first-order chi connectivity index (χ1) is 15.7. The quantitative estimate of drug-likeness (QED) is 0.153. The molecule has 0 saturated carbocycles. The van der Waals surface area contributed by atoms with Gasteiger partial charge in [-0.3, -0.25) is 0 Å². The van der Waals surface area contributed by atoms with Gasteiger partial charge in [0.05, 0.1) is 13.2 Å². The van der Waals surface area contributed by atoms with Gasteiger partial charge < -0.3 is 29.9 Å². The molecule has 1 aliphatic heterocycles. The van der Waals surface area contributed by atoms with E-state index in [1.807, 2.05) is 6.92 Å². The SMILES string of the molecule is CCNC(=NCc1ccc(C)cc1OCCOCC)NCCCCN1CCN(CC)CC1.I. The van der Waals surface area contributed by atoms with Gasteiger partial charge in [-0.05, 0) is 58.3 Å². The average Bonchev–Trinajstić information content (AvgIpc) is 2.81. The summed E-state index contributed by atoms with van der Waals surface area (Å²) in [5.41, 5.74) is 2.28. The second-order valence-corrected chi connectivity index (χ2v) is 8.26. The topological polar surface area (TPSA) is 61.4 Å². The summed E-state index contributed by atoms with van der Waals surface area (Å²) >= 11 is 0. The Bertz CT molecular complexity index is 666. The van der Waals surface area contributed by atoms with E-state index in [-0.39, 0.29) is 24.0 Å². The summed E-state index contributed by atoms with van der Waals surface area (Å²) in [5.74, 6) is 1.76. The van der Waals surface area contributed by atoms with Crippen LogP contribution in [0.2, 0.25) is 0 Å². The molecule has 1 fully saturated rings. The highest BCUT2D eigenvalue weighted by Gasteiger charge is 2.14. The lowest BCUT2D eigenvalue weighted by Crippen LogP contribution is -2.46. The van der Waals surface area contributed by atoms with Crippen LogP contribution in [-0.2, 0) is 11.3 Å². The number of ether oxygens (including phenoxy) is 2. The van der Waals surface area contributed by atoms with Crippen LogP contribution in [0.25, 0.3) is 0 Å². The van der Waals surface area contributed by atoms with Crippen LogP contribution in [0.4, 0.5) is 0 Å². The van der Waals surface area contributed by atoms with Crippen molar-refractivity contribution < 1.29 is 9.47 Å². The number of hydrogen-bond acceptors (Lipinski definition) is 5. The second-order valence-electron chi connectivity index (χ2n) is 8.26. The van der Waals surface area contributed by atoms with Gasteiger partial charge in [0.15, 0.2) is 5.96 Å². The van der Waals surface area contributed by atoms with Gasteiger partial charge in [-0.1, -0.05) is 19.1 Å². The minimum atomic E-state index is 0. The predicted octanol–water partition coefficient (Wildman–Crippen LogP) is 3.50. The third kappa shape index (κ3) is 12.2. The van der Waals surface area contributed by atoms with Gasteiger partial charge in [-0.25, -0.2) is 4.99 Å². The van der Waals surface area contributed by atoms with E-state index in [0.29, 0.717) is 26.4 Å². The number of aliphatic imine (C=N–C) groups is 1. The van der Waals surface area contributed by atoms with Crippen LogP contribution in [-0.4, -0.2) is 87.9 Å². The van der Waals surface area contributed by atoms with Crippen molar-refractivity contribution in [1.29, 1.82) is 0 Å². The van der Waals surface area contributed by atoms with E-state index in [0.717, 1.165) is 36.8 Å².